The molecule has 0 spiro atoms. The maximum absolute atomic E-state index is 14.3. The zero-order valence-electron chi connectivity index (χ0n) is 23.9. The molecule has 0 aliphatic heterocycles. The summed E-state index contributed by atoms with van der Waals surface area (Å²) in [6, 6.07) is 4.57. The third kappa shape index (κ3) is 7.71. The minimum absolute atomic E-state index is 0.0436. The number of nitrogens with zero attached hydrogens (tertiary/aromatic N) is 1. The van der Waals surface area contributed by atoms with Crippen molar-refractivity contribution in [2.45, 2.75) is 130 Å². The lowest BCUT2D eigenvalue weighted by Gasteiger charge is -2.44. The SMILES string of the molecule is Cc1ccc(C(C(=O)NC2CCCCC2)N(C(=O)C(NC(=O)OC(C)(C)C)C(C)C)C2CCC2)cc1C. The van der Waals surface area contributed by atoms with Crippen LogP contribution >= 0.6 is 0 Å². The van der Waals surface area contributed by atoms with Gasteiger partial charge >= 0.3 is 6.09 Å². The van der Waals surface area contributed by atoms with Gasteiger partial charge in [0.15, 0.2) is 0 Å². The van der Waals surface area contributed by atoms with Crippen LogP contribution in [-0.4, -0.2) is 46.5 Å². The van der Waals surface area contributed by atoms with E-state index in [4.69, 9.17) is 4.74 Å². The number of carbonyl (C=O) groups excluding carboxylic acids is 3. The van der Waals surface area contributed by atoms with Crippen LogP contribution in [0.4, 0.5) is 4.79 Å². The van der Waals surface area contributed by atoms with Crippen LogP contribution in [0.25, 0.3) is 0 Å². The summed E-state index contributed by atoms with van der Waals surface area (Å²) in [5, 5.41) is 6.10. The van der Waals surface area contributed by atoms with Crippen molar-refractivity contribution < 1.29 is 19.1 Å². The number of hydrogen-bond acceptors (Lipinski definition) is 4. The zero-order chi connectivity index (χ0) is 27.3. The molecule has 0 radical (unpaired) electrons. The van der Waals surface area contributed by atoms with Gasteiger partial charge in [-0.2, -0.15) is 0 Å². The highest BCUT2D eigenvalue weighted by Gasteiger charge is 2.43. The van der Waals surface area contributed by atoms with Crippen LogP contribution in [0.3, 0.4) is 0 Å². The van der Waals surface area contributed by atoms with E-state index in [0.717, 1.165) is 61.6 Å². The minimum Gasteiger partial charge on any atom is -0.444 e. The summed E-state index contributed by atoms with van der Waals surface area (Å²) in [7, 11) is 0. The van der Waals surface area contributed by atoms with Gasteiger partial charge in [-0.25, -0.2) is 4.79 Å². The Bertz CT molecular complexity index is 958. The quantitative estimate of drug-likeness (QED) is 0.465. The van der Waals surface area contributed by atoms with Gasteiger partial charge in [0.05, 0.1) is 0 Å². The largest absolute Gasteiger partial charge is 0.444 e. The molecule has 3 amide bonds. The van der Waals surface area contributed by atoms with Gasteiger partial charge in [0.1, 0.15) is 17.7 Å². The second-order valence-electron chi connectivity index (χ2n) is 12.3. The van der Waals surface area contributed by atoms with Crippen molar-refractivity contribution >= 4 is 17.9 Å². The molecule has 7 nitrogen and oxygen atoms in total. The van der Waals surface area contributed by atoms with E-state index in [0.29, 0.717) is 0 Å². The maximum atomic E-state index is 14.3. The summed E-state index contributed by atoms with van der Waals surface area (Å²) in [5.74, 6) is -0.535. The summed E-state index contributed by atoms with van der Waals surface area (Å²) in [4.78, 5) is 42.7. The van der Waals surface area contributed by atoms with Gasteiger partial charge in [-0.15, -0.1) is 0 Å². The van der Waals surface area contributed by atoms with E-state index in [-0.39, 0.29) is 29.8 Å². The number of amides is 3. The molecule has 2 N–H and O–H groups in total. The highest BCUT2D eigenvalue weighted by atomic mass is 16.6. The number of aryl methyl sites for hydroxylation is 2. The predicted molar refractivity (Wildman–Crippen MR) is 146 cm³/mol. The van der Waals surface area contributed by atoms with E-state index in [2.05, 4.69) is 10.6 Å². The van der Waals surface area contributed by atoms with Crippen LogP contribution in [-0.2, 0) is 14.3 Å². The van der Waals surface area contributed by atoms with Gasteiger partial charge in [0.2, 0.25) is 11.8 Å². The number of nitrogens with one attached hydrogen (secondary N) is 2. The average Bonchev–Trinajstić information content (AvgIpc) is 2.77. The van der Waals surface area contributed by atoms with E-state index in [1.165, 1.54) is 6.42 Å². The van der Waals surface area contributed by atoms with E-state index < -0.39 is 23.8 Å². The zero-order valence-corrected chi connectivity index (χ0v) is 23.9. The first-order valence-electron chi connectivity index (χ1n) is 14.1. The predicted octanol–water partition coefficient (Wildman–Crippen LogP) is 5.72. The molecule has 7 heteroatoms. The molecule has 1 aromatic carbocycles. The maximum Gasteiger partial charge on any atom is 0.408 e. The number of benzene rings is 1. The van der Waals surface area contributed by atoms with Crippen molar-refractivity contribution in [1.29, 1.82) is 0 Å². The molecule has 2 aliphatic rings. The Labute approximate surface area is 223 Å². The van der Waals surface area contributed by atoms with Gasteiger partial charge in [-0.05, 0) is 89.3 Å². The highest BCUT2D eigenvalue weighted by Crippen LogP contribution is 2.35. The van der Waals surface area contributed by atoms with E-state index in [1.54, 1.807) is 25.7 Å². The van der Waals surface area contributed by atoms with Gasteiger partial charge in [0.25, 0.3) is 0 Å². The monoisotopic (exact) mass is 513 g/mol. The van der Waals surface area contributed by atoms with E-state index >= 15 is 0 Å². The molecule has 0 saturated heterocycles. The second-order valence-corrected chi connectivity index (χ2v) is 12.3. The Morgan fingerprint density at radius 3 is 2.11 bits per heavy atom. The molecule has 37 heavy (non-hydrogen) atoms. The first-order valence-corrected chi connectivity index (χ1v) is 14.1. The number of ether oxygens (including phenoxy) is 1. The summed E-state index contributed by atoms with van der Waals surface area (Å²) in [5.41, 5.74) is 2.37. The van der Waals surface area contributed by atoms with Crippen LogP contribution < -0.4 is 10.6 Å². The Kier molecular flexibility index (Phi) is 9.65. The highest BCUT2D eigenvalue weighted by molar-refractivity contribution is 5.92. The molecular formula is C30H47N3O4. The lowest BCUT2D eigenvalue weighted by molar-refractivity contribution is -0.148. The van der Waals surface area contributed by atoms with Crippen LogP contribution in [0.2, 0.25) is 0 Å². The second kappa shape index (κ2) is 12.3. The van der Waals surface area contributed by atoms with Crippen LogP contribution in [0, 0.1) is 19.8 Å². The topological polar surface area (TPSA) is 87.7 Å². The molecule has 206 valence electrons. The normalized spacial score (nSPS) is 18.5. The Hall–Kier alpha value is -2.57. The molecular weight excluding hydrogens is 466 g/mol. The van der Waals surface area contributed by atoms with Crippen molar-refractivity contribution in [3.8, 4) is 0 Å². The molecule has 2 fully saturated rings. The molecule has 0 bridgehead atoms. The Morgan fingerprint density at radius 2 is 1.59 bits per heavy atom. The lowest BCUT2D eigenvalue weighted by Crippen LogP contribution is -2.59. The molecule has 0 aromatic heterocycles. The standard InChI is InChI=1S/C30H47N3O4/c1-19(2)25(32-29(36)37-30(5,6)7)28(35)33(24-14-11-15-24)26(22-17-16-20(3)21(4)18-22)27(34)31-23-12-9-8-10-13-23/h16-19,23-26H,8-15H2,1-7H3,(H,31,34)(H,32,36). The summed E-state index contributed by atoms with van der Waals surface area (Å²) < 4.78 is 5.47. The molecule has 0 heterocycles. The molecule has 3 rings (SSSR count). The van der Waals surface area contributed by atoms with E-state index in [1.807, 2.05) is 45.9 Å². The first-order chi connectivity index (χ1) is 17.4. The van der Waals surface area contributed by atoms with Crippen LogP contribution in [0.5, 0.6) is 0 Å². The van der Waals surface area contributed by atoms with Gasteiger partial charge in [-0.3, -0.25) is 9.59 Å². The van der Waals surface area contributed by atoms with Crippen LogP contribution in [0.1, 0.15) is 109 Å². The number of hydrogen-bond donors (Lipinski definition) is 2. The van der Waals surface area contributed by atoms with Gasteiger partial charge < -0.3 is 20.3 Å². The third-order valence-electron chi connectivity index (χ3n) is 7.65. The molecule has 2 atom stereocenters. The fourth-order valence-electron chi connectivity index (χ4n) is 5.19. The third-order valence-corrected chi connectivity index (χ3v) is 7.65. The summed E-state index contributed by atoms with van der Waals surface area (Å²) in [6.45, 7) is 13.3. The van der Waals surface area contributed by atoms with Gasteiger partial charge in [0, 0.05) is 12.1 Å². The minimum atomic E-state index is -0.799. The van der Waals surface area contributed by atoms with Crippen molar-refractivity contribution in [1.82, 2.24) is 15.5 Å². The van der Waals surface area contributed by atoms with Crippen molar-refractivity contribution in [2.75, 3.05) is 0 Å². The van der Waals surface area contributed by atoms with Crippen LogP contribution in [0.15, 0.2) is 18.2 Å². The number of rotatable bonds is 8. The molecule has 1 aromatic rings. The van der Waals surface area contributed by atoms with Gasteiger partial charge in [-0.1, -0.05) is 51.3 Å². The fourth-order valence-corrected chi connectivity index (χ4v) is 5.19. The first kappa shape index (κ1) is 29.0. The molecule has 2 saturated carbocycles. The van der Waals surface area contributed by atoms with Crippen molar-refractivity contribution in [3.63, 3.8) is 0 Å². The fraction of sp³-hybridized carbons (Fsp3) is 0.700. The summed E-state index contributed by atoms with van der Waals surface area (Å²) in [6.07, 6.45) is 7.45. The van der Waals surface area contributed by atoms with Crippen molar-refractivity contribution in [3.05, 3.63) is 34.9 Å². The Morgan fingerprint density at radius 1 is 0.946 bits per heavy atom. The average molecular weight is 514 g/mol. The molecule has 2 unspecified atom stereocenters. The van der Waals surface area contributed by atoms with E-state index in [9.17, 15) is 14.4 Å². The number of alkyl carbamates (subject to hydrolysis) is 1. The number of carbonyl (C=O) groups is 3. The lowest BCUT2D eigenvalue weighted by atomic mass is 9.86. The molecule has 2 aliphatic carbocycles. The van der Waals surface area contributed by atoms with Crippen molar-refractivity contribution in [2.24, 2.45) is 5.92 Å². The Balaban J connectivity index is 1.98. The smallest absolute Gasteiger partial charge is 0.408 e. The summed E-state index contributed by atoms with van der Waals surface area (Å²) >= 11 is 0.